The third kappa shape index (κ3) is 3.03. The molecule has 120 valence electrons. The Morgan fingerprint density at radius 3 is 2.59 bits per heavy atom. The Hall–Kier alpha value is -1.40. The summed E-state index contributed by atoms with van der Waals surface area (Å²) in [6, 6.07) is 8.80. The van der Waals surface area contributed by atoms with Crippen molar-refractivity contribution in [2.75, 3.05) is 32.4 Å². The number of rotatable bonds is 4. The van der Waals surface area contributed by atoms with Gasteiger partial charge >= 0.3 is 0 Å². The molecule has 3 fully saturated rings. The fourth-order valence-electron chi connectivity index (χ4n) is 3.42. The van der Waals surface area contributed by atoms with Crippen molar-refractivity contribution in [3.05, 3.63) is 30.3 Å². The van der Waals surface area contributed by atoms with Gasteiger partial charge in [-0.15, -0.1) is 0 Å². The molecule has 2 atom stereocenters. The maximum Gasteiger partial charge on any atom is 0.227 e. The van der Waals surface area contributed by atoms with Crippen LogP contribution in [0.1, 0.15) is 12.8 Å². The highest BCUT2D eigenvalue weighted by molar-refractivity contribution is 7.91. The predicted octanol–water partition coefficient (Wildman–Crippen LogP) is 1.01. The first-order chi connectivity index (χ1) is 10.5. The highest BCUT2D eigenvalue weighted by atomic mass is 32.2. The maximum absolute atomic E-state index is 12.4. The molecule has 0 N–H and O–H groups in total. The fraction of sp³-hybridized carbons (Fsp3) is 0.562. The van der Waals surface area contributed by atoms with Crippen molar-refractivity contribution in [1.82, 2.24) is 9.80 Å². The minimum absolute atomic E-state index is 0.0307. The van der Waals surface area contributed by atoms with Crippen LogP contribution in [-0.4, -0.2) is 62.6 Å². The monoisotopic (exact) mass is 322 g/mol. The van der Waals surface area contributed by atoms with Gasteiger partial charge in [0, 0.05) is 32.7 Å². The van der Waals surface area contributed by atoms with Crippen LogP contribution >= 0.6 is 0 Å². The molecule has 0 aromatic heterocycles. The molecule has 1 amide bonds. The maximum atomic E-state index is 12.4. The van der Waals surface area contributed by atoms with E-state index in [1.807, 2.05) is 18.0 Å². The summed E-state index contributed by atoms with van der Waals surface area (Å²) in [7, 11) is -1.39. The lowest BCUT2D eigenvalue weighted by Gasteiger charge is -2.32. The van der Waals surface area contributed by atoms with E-state index in [2.05, 4.69) is 4.90 Å². The fourth-order valence-corrected chi connectivity index (χ4v) is 4.73. The number of amides is 1. The zero-order valence-corrected chi connectivity index (χ0v) is 13.6. The minimum atomic E-state index is -3.25. The SMILES string of the molecule is CN1C(=O)[C@H]2CC[C@@H]1CN(CCS(=O)(=O)c1ccccc1)C2. The van der Waals surface area contributed by atoms with E-state index in [1.54, 1.807) is 24.3 Å². The molecule has 0 saturated carbocycles. The Morgan fingerprint density at radius 2 is 1.86 bits per heavy atom. The van der Waals surface area contributed by atoms with Gasteiger partial charge in [0.15, 0.2) is 9.84 Å². The van der Waals surface area contributed by atoms with Crippen molar-refractivity contribution in [2.45, 2.75) is 23.8 Å². The Morgan fingerprint density at radius 1 is 1.14 bits per heavy atom. The molecule has 6 heteroatoms. The van der Waals surface area contributed by atoms with Crippen LogP contribution in [0, 0.1) is 5.92 Å². The second-order valence-electron chi connectivity index (χ2n) is 6.27. The summed E-state index contributed by atoms with van der Waals surface area (Å²) in [5.74, 6) is 0.349. The van der Waals surface area contributed by atoms with Crippen LogP contribution in [0.3, 0.4) is 0 Å². The highest BCUT2D eigenvalue weighted by Crippen LogP contribution is 2.27. The van der Waals surface area contributed by atoms with Crippen LogP contribution in [-0.2, 0) is 14.6 Å². The van der Waals surface area contributed by atoms with Gasteiger partial charge in [0.05, 0.1) is 16.6 Å². The van der Waals surface area contributed by atoms with Gasteiger partial charge in [0.1, 0.15) is 0 Å². The van der Waals surface area contributed by atoms with E-state index in [1.165, 1.54) is 0 Å². The molecule has 5 nitrogen and oxygen atoms in total. The van der Waals surface area contributed by atoms with Crippen molar-refractivity contribution in [3.8, 4) is 0 Å². The first-order valence-electron chi connectivity index (χ1n) is 7.74. The average Bonchev–Trinajstić information content (AvgIpc) is 2.80. The largest absolute Gasteiger partial charge is 0.341 e. The molecule has 3 heterocycles. The number of carbonyl (C=O) groups is 1. The van der Waals surface area contributed by atoms with E-state index in [0.717, 1.165) is 19.4 Å². The number of benzene rings is 1. The summed E-state index contributed by atoms with van der Waals surface area (Å²) in [4.78, 5) is 16.5. The van der Waals surface area contributed by atoms with Crippen LogP contribution in [0.15, 0.2) is 35.2 Å². The molecule has 1 aromatic rings. The lowest BCUT2D eigenvalue weighted by atomic mass is 9.95. The van der Waals surface area contributed by atoms with Gasteiger partial charge in [-0.1, -0.05) is 18.2 Å². The van der Waals surface area contributed by atoms with Gasteiger partial charge in [-0.2, -0.15) is 0 Å². The Bertz CT molecular complexity index is 645. The summed E-state index contributed by atoms with van der Waals surface area (Å²) in [5.41, 5.74) is 0. The molecule has 1 aromatic carbocycles. The zero-order valence-electron chi connectivity index (χ0n) is 12.8. The number of hydrogen-bond acceptors (Lipinski definition) is 4. The molecule has 3 aliphatic rings. The molecular weight excluding hydrogens is 300 g/mol. The van der Waals surface area contributed by atoms with Crippen LogP contribution < -0.4 is 0 Å². The van der Waals surface area contributed by atoms with E-state index in [-0.39, 0.29) is 23.6 Å². The quantitative estimate of drug-likeness (QED) is 0.830. The zero-order chi connectivity index (χ0) is 15.7. The Kier molecular flexibility index (Phi) is 4.23. The Labute approximate surface area is 131 Å². The molecule has 2 bridgehead atoms. The topological polar surface area (TPSA) is 57.7 Å². The summed E-state index contributed by atoms with van der Waals surface area (Å²) in [6.45, 7) is 1.96. The van der Waals surface area contributed by atoms with E-state index >= 15 is 0 Å². The number of sulfone groups is 1. The summed E-state index contributed by atoms with van der Waals surface area (Å²) in [5, 5.41) is 0. The van der Waals surface area contributed by atoms with E-state index < -0.39 is 9.84 Å². The molecule has 0 radical (unpaired) electrons. The number of hydrogen-bond donors (Lipinski definition) is 0. The molecule has 4 rings (SSSR count). The number of fused-ring (bicyclic) bond motifs is 4. The van der Waals surface area contributed by atoms with Crippen molar-refractivity contribution in [2.24, 2.45) is 5.92 Å². The van der Waals surface area contributed by atoms with Crippen molar-refractivity contribution in [3.63, 3.8) is 0 Å². The lowest BCUT2D eigenvalue weighted by Crippen LogP contribution is -2.45. The van der Waals surface area contributed by atoms with Crippen molar-refractivity contribution in [1.29, 1.82) is 0 Å². The van der Waals surface area contributed by atoms with E-state index in [9.17, 15) is 13.2 Å². The lowest BCUT2D eigenvalue weighted by molar-refractivity contribution is -0.138. The molecule has 3 saturated heterocycles. The van der Waals surface area contributed by atoms with Crippen LogP contribution in [0.5, 0.6) is 0 Å². The molecular formula is C16H22N2O3S. The van der Waals surface area contributed by atoms with Crippen molar-refractivity contribution >= 4 is 15.7 Å². The smallest absolute Gasteiger partial charge is 0.227 e. The van der Waals surface area contributed by atoms with Gasteiger partial charge in [-0.25, -0.2) is 8.42 Å². The number of carbonyl (C=O) groups excluding carboxylic acids is 1. The molecule has 22 heavy (non-hydrogen) atoms. The predicted molar refractivity (Wildman–Crippen MR) is 84.2 cm³/mol. The minimum Gasteiger partial charge on any atom is -0.341 e. The summed E-state index contributed by atoms with van der Waals surface area (Å²) in [6.07, 6.45) is 1.95. The third-order valence-corrected chi connectivity index (χ3v) is 6.53. The third-order valence-electron chi connectivity index (χ3n) is 4.82. The first kappa shape index (κ1) is 15.5. The van der Waals surface area contributed by atoms with Crippen LogP contribution in [0.4, 0.5) is 0 Å². The normalized spacial score (nSPS) is 26.2. The second-order valence-corrected chi connectivity index (χ2v) is 8.38. The molecule has 0 aliphatic carbocycles. The molecule has 3 aliphatic heterocycles. The second kappa shape index (κ2) is 6.01. The van der Waals surface area contributed by atoms with Gasteiger partial charge in [0.25, 0.3) is 0 Å². The first-order valence-corrected chi connectivity index (χ1v) is 9.39. The van der Waals surface area contributed by atoms with Crippen LogP contribution in [0.25, 0.3) is 0 Å². The molecule has 0 unspecified atom stereocenters. The van der Waals surface area contributed by atoms with Gasteiger partial charge in [-0.05, 0) is 25.0 Å². The summed E-state index contributed by atoms with van der Waals surface area (Å²) < 4.78 is 24.7. The number of piperidine rings is 1. The number of nitrogens with zero attached hydrogens (tertiary/aromatic N) is 2. The summed E-state index contributed by atoms with van der Waals surface area (Å²) >= 11 is 0. The average molecular weight is 322 g/mol. The number of likely N-dealkylation sites (N-methyl/N-ethyl adjacent to an activating group) is 1. The van der Waals surface area contributed by atoms with E-state index in [4.69, 9.17) is 0 Å². The van der Waals surface area contributed by atoms with Gasteiger partial charge in [0.2, 0.25) is 5.91 Å². The Balaban J connectivity index is 1.66. The van der Waals surface area contributed by atoms with Crippen LogP contribution in [0.2, 0.25) is 0 Å². The standard InChI is InChI=1S/C16H22N2O3S/c1-17-14-8-7-13(16(17)19)11-18(12-14)9-10-22(20,21)15-5-3-2-4-6-15/h2-6,13-14H,7-12H2,1H3/t13-,14+/m0/s1. The van der Waals surface area contributed by atoms with Crippen molar-refractivity contribution < 1.29 is 13.2 Å². The molecule has 0 spiro atoms. The van der Waals surface area contributed by atoms with Gasteiger partial charge < -0.3 is 4.90 Å². The van der Waals surface area contributed by atoms with E-state index in [0.29, 0.717) is 18.0 Å². The highest BCUT2D eigenvalue weighted by Gasteiger charge is 2.38. The van der Waals surface area contributed by atoms with Gasteiger partial charge in [-0.3, -0.25) is 9.69 Å².